The second-order valence-electron chi connectivity index (χ2n) is 5.98. The number of nitrogens with one attached hydrogen (secondary N) is 2. The maximum absolute atomic E-state index is 12.4. The third-order valence-corrected chi connectivity index (χ3v) is 3.79. The van der Waals surface area contributed by atoms with Gasteiger partial charge in [0.2, 0.25) is 0 Å². The molecule has 3 rings (SSSR count). The number of carbonyl (C=O) groups excluding carboxylic acids is 1. The zero-order valence-corrected chi connectivity index (χ0v) is 15.3. The van der Waals surface area contributed by atoms with Crippen molar-refractivity contribution in [3.63, 3.8) is 0 Å². The number of hydrogen-bond acceptors (Lipinski definition) is 4. The molecule has 3 aromatic rings. The minimum Gasteiger partial charge on any atom is -0.491 e. The molecule has 0 unspecified atom stereocenters. The summed E-state index contributed by atoms with van der Waals surface area (Å²) in [5, 5.41) is 6.91. The van der Waals surface area contributed by atoms with Crippen LogP contribution in [0.4, 0.5) is 5.69 Å². The number of benzene rings is 2. The lowest BCUT2D eigenvalue weighted by Gasteiger charge is -2.13. The Hall–Kier alpha value is -2.99. The number of anilines is 1. The van der Waals surface area contributed by atoms with E-state index in [4.69, 9.17) is 17.0 Å². The monoisotopic (exact) mass is 365 g/mol. The number of ether oxygens (including phenoxy) is 1. The van der Waals surface area contributed by atoms with Crippen molar-refractivity contribution < 1.29 is 9.53 Å². The van der Waals surface area contributed by atoms with Gasteiger partial charge in [-0.2, -0.15) is 0 Å². The van der Waals surface area contributed by atoms with Gasteiger partial charge in [0.1, 0.15) is 5.75 Å². The SMILES string of the molecule is CC(C)Oc1cccc(C(=O)NC(=S)Nc2cccc3ncccc23)c1. The van der Waals surface area contributed by atoms with Gasteiger partial charge in [-0.1, -0.05) is 12.1 Å². The van der Waals surface area contributed by atoms with E-state index in [0.29, 0.717) is 11.3 Å². The summed E-state index contributed by atoms with van der Waals surface area (Å²) in [7, 11) is 0. The Morgan fingerprint density at radius 2 is 1.92 bits per heavy atom. The van der Waals surface area contributed by atoms with Crippen molar-refractivity contribution >= 4 is 39.8 Å². The van der Waals surface area contributed by atoms with E-state index in [1.165, 1.54) is 0 Å². The third-order valence-electron chi connectivity index (χ3n) is 3.59. The molecule has 0 fully saturated rings. The molecule has 1 amide bonds. The number of aromatic nitrogens is 1. The maximum Gasteiger partial charge on any atom is 0.257 e. The van der Waals surface area contributed by atoms with Gasteiger partial charge < -0.3 is 10.1 Å². The molecule has 0 bridgehead atoms. The van der Waals surface area contributed by atoms with Crippen molar-refractivity contribution in [3.8, 4) is 5.75 Å². The van der Waals surface area contributed by atoms with Crippen molar-refractivity contribution in [1.82, 2.24) is 10.3 Å². The second-order valence-corrected chi connectivity index (χ2v) is 6.39. The molecule has 0 saturated heterocycles. The number of rotatable bonds is 4. The van der Waals surface area contributed by atoms with E-state index in [-0.39, 0.29) is 17.1 Å². The standard InChI is InChI=1S/C20H19N3O2S/c1-13(2)25-15-7-3-6-14(12-15)19(24)23-20(26)22-18-10-4-9-17-16(18)8-5-11-21-17/h3-13H,1-2H3,(H2,22,23,24,26). The van der Waals surface area contributed by atoms with Crippen LogP contribution in [-0.2, 0) is 0 Å². The van der Waals surface area contributed by atoms with E-state index in [1.807, 2.05) is 50.2 Å². The highest BCUT2D eigenvalue weighted by atomic mass is 32.1. The number of amides is 1. The van der Waals surface area contributed by atoms with Crippen molar-refractivity contribution in [3.05, 3.63) is 66.4 Å². The number of nitrogens with zero attached hydrogens (tertiary/aromatic N) is 1. The highest BCUT2D eigenvalue weighted by Crippen LogP contribution is 2.21. The number of fused-ring (bicyclic) bond motifs is 1. The van der Waals surface area contributed by atoms with Crippen LogP contribution in [0.25, 0.3) is 10.9 Å². The molecular formula is C20H19N3O2S. The molecule has 0 radical (unpaired) electrons. The first-order valence-corrected chi connectivity index (χ1v) is 8.66. The lowest BCUT2D eigenvalue weighted by Crippen LogP contribution is -2.34. The molecule has 0 aliphatic rings. The third kappa shape index (κ3) is 4.34. The quantitative estimate of drug-likeness (QED) is 0.680. The molecule has 1 aromatic heterocycles. The Morgan fingerprint density at radius 3 is 2.73 bits per heavy atom. The molecule has 2 N–H and O–H groups in total. The van der Waals surface area contributed by atoms with Crippen LogP contribution in [-0.4, -0.2) is 22.1 Å². The Kier molecular flexibility index (Phi) is 5.43. The normalized spacial score (nSPS) is 10.6. The van der Waals surface area contributed by atoms with E-state index in [1.54, 1.807) is 24.4 Å². The van der Waals surface area contributed by atoms with E-state index in [2.05, 4.69) is 15.6 Å². The van der Waals surface area contributed by atoms with Crippen molar-refractivity contribution in [1.29, 1.82) is 0 Å². The van der Waals surface area contributed by atoms with Crippen molar-refractivity contribution in [2.45, 2.75) is 20.0 Å². The molecule has 0 aliphatic heterocycles. The van der Waals surface area contributed by atoms with Crippen LogP contribution in [0.1, 0.15) is 24.2 Å². The summed E-state index contributed by atoms with van der Waals surface area (Å²) in [6.45, 7) is 3.87. The first-order valence-electron chi connectivity index (χ1n) is 8.26. The van der Waals surface area contributed by atoms with Gasteiger partial charge in [-0.05, 0) is 68.5 Å². The van der Waals surface area contributed by atoms with E-state index < -0.39 is 0 Å². The molecule has 0 spiro atoms. The van der Waals surface area contributed by atoms with Crippen LogP contribution in [0.3, 0.4) is 0 Å². The largest absolute Gasteiger partial charge is 0.491 e. The number of pyridine rings is 1. The highest BCUT2D eigenvalue weighted by Gasteiger charge is 2.10. The van der Waals surface area contributed by atoms with Gasteiger partial charge in [-0.15, -0.1) is 0 Å². The smallest absolute Gasteiger partial charge is 0.257 e. The molecular weight excluding hydrogens is 346 g/mol. The predicted molar refractivity (Wildman–Crippen MR) is 108 cm³/mol. The number of hydrogen-bond donors (Lipinski definition) is 2. The number of thiocarbonyl (C=S) groups is 1. The Labute approximate surface area is 157 Å². The lowest BCUT2D eigenvalue weighted by atomic mass is 10.2. The van der Waals surface area contributed by atoms with Gasteiger partial charge in [0.25, 0.3) is 5.91 Å². The zero-order valence-electron chi connectivity index (χ0n) is 14.5. The molecule has 5 nitrogen and oxygen atoms in total. The Balaban J connectivity index is 1.70. The molecule has 2 aromatic carbocycles. The molecule has 6 heteroatoms. The van der Waals surface area contributed by atoms with Gasteiger partial charge in [0.05, 0.1) is 11.6 Å². The molecule has 132 valence electrons. The Bertz CT molecular complexity index is 951. The summed E-state index contributed by atoms with van der Waals surface area (Å²) in [6.07, 6.45) is 1.77. The second kappa shape index (κ2) is 7.93. The van der Waals surface area contributed by atoms with Gasteiger partial charge >= 0.3 is 0 Å². The van der Waals surface area contributed by atoms with Gasteiger partial charge in [0.15, 0.2) is 5.11 Å². The first kappa shape index (κ1) is 17.8. The molecule has 0 atom stereocenters. The average Bonchev–Trinajstić information content (AvgIpc) is 2.61. The van der Waals surface area contributed by atoms with Gasteiger partial charge in [0, 0.05) is 22.8 Å². The average molecular weight is 365 g/mol. The fourth-order valence-corrected chi connectivity index (χ4v) is 2.73. The summed E-state index contributed by atoms with van der Waals surface area (Å²) >= 11 is 5.28. The zero-order chi connectivity index (χ0) is 18.5. The van der Waals surface area contributed by atoms with Crippen LogP contribution in [0, 0.1) is 0 Å². The summed E-state index contributed by atoms with van der Waals surface area (Å²) < 4.78 is 5.62. The van der Waals surface area contributed by atoms with Crippen LogP contribution >= 0.6 is 12.2 Å². The molecule has 26 heavy (non-hydrogen) atoms. The van der Waals surface area contributed by atoms with Crippen LogP contribution in [0.15, 0.2) is 60.8 Å². The fourth-order valence-electron chi connectivity index (χ4n) is 2.52. The van der Waals surface area contributed by atoms with E-state index >= 15 is 0 Å². The fraction of sp³-hybridized carbons (Fsp3) is 0.150. The summed E-state index contributed by atoms with van der Waals surface area (Å²) in [5.41, 5.74) is 2.12. The lowest BCUT2D eigenvalue weighted by molar-refractivity contribution is 0.0977. The van der Waals surface area contributed by atoms with E-state index in [0.717, 1.165) is 16.6 Å². The van der Waals surface area contributed by atoms with Crippen LogP contribution < -0.4 is 15.4 Å². The molecule has 0 saturated carbocycles. The number of carbonyl (C=O) groups is 1. The van der Waals surface area contributed by atoms with Gasteiger partial charge in [-0.3, -0.25) is 15.1 Å². The highest BCUT2D eigenvalue weighted by molar-refractivity contribution is 7.80. The first-order chi connectivity index (χ1) is 12.5. The topological polar surface area (TPSA) is 63.2 Å². The predicted octanol–water partition coefficient (Wildman–Crippen LogP) is 4.15. The van der Waals surface area contributed by atoms with Crippen LogP contribution in [0.2, 0.25) is 0 Å². The minimum atomic E-state index is -0.296. The van der Waals surface area contributed by atoms with Crippen LogP contribution in [0.5, 0.6) is 5.75 Å². The maximum atomic E-state index is 12.4. The summed E-state index contributed by atoms with van der Waals surface area (Å²) in [6, 6.07) is 16.5. The van der Waals surface area contributed by atoms with E-state index in [9.17, 15) is 4.79 Å². The van der Waals surface area contributed by atoms with Crippen molar-refractivity contribution in [2.24, 2.45) is 0 Å². The summed E-state index contributed by atoms with van der Waals surface area (Å²) in [5.74, 6) is 0.349. The van der Waals surface area contributed by atoms with Gasteiger partial charge in [-0.25, -0.2) is 0 Å². The molecule has 1 heterocycles. The van der Waals surface area contributed by atoms with Crippen molar-refractivity contribution in [2.75, 3.05) is 5.32 Å². The minimum absolute atomic E-state index is 0.0380. The molecule has 0 aliphatic carbocycles. The Morgan fingerprint density at radius 1 is 1.12 bits per heavy atom. The summed E-state index contributed by atoms with van der Waals surface area (Å²) in [4.78, 5) is 16.7.